The molecule has 1 N–H and O–H groups in total. The van der Waals surface area contributed by atoms with Crippen LogP contribution < -0.4 is 15.1 Å². The summed E-state index contributed by atoms with van der Waals surface area (Å²) in [7, 11) is 0. The van der Waals surface area contributed by atoms with E-state index in [0.717, 1.165) is 22.5 Å². The molecule has 0 aromatic heterocycles. The fourth-order valence-electron chi connectivity index (χ4n) is 3.69. The molecular formula is C25H25N3O2. The number of aryl methyl sites for hydroxylation is 1. The summed E-state index contributed by atoms with van der Waals surface area (Å²) in [6.45, 7) is 2.95. The molecular weight excluding hydrogens is 374 g/mol. The summed E-state index contributed by atoms with van der Waals surface area (Å²) >= 11 is 0. The zero-order chi connectivity index (χ0) is 20.9. The Labute approximate surface area is 176 Å². The van der Waals surface area contributed by atoms with Crippen molar-refractivity contribution >= 4 is 23.3 Å². The molecule has 1 fully saturated rings. The van der Waals surface area contributed by atoms with E-state index in [0.29, 0.717) is 19.5 Å². The van der Waals surface area contributed by atoms with Crippen molar-refractivity contribution in [3.8, 4) is 0 Å². The molecule has 0 unspecified atom stereocenters. The van der Waals surface area contributed by atoms with E-state index in [1.54, 1.807) is 9.80 Å². The molecule has 1 aliphatic rings. The Kier molecular flexibility index (Phi) is 5.80. The highest BCUT2D eigenvalue weighted by Crippen LogP contribution is 2.23. The van der Waals surface area contributed by atoms with Gasteiger partial charge in [0.05, 0.1) is 12.6 Å². The largest absolute Gasteiger partial charge is 0.333 e. The number of hydrogen-bond donors (Lipinski definition) is 1. The molecule has 3 aromatic carbocycles. The first kappa shape index (κ1) is 19.7. The summed E-state index contributed by atoms with van der Waals surface area (Å²) in [5.74, 6) is 0.0264. The van der Waals surface area contributed by atoms with Gasteiger partial charge in [-0.05, 0) is 36.8 Å². The van der Waals surface area contributed by atoms with Crippen LogP contribution in [0.5, 0.6) is 0 Å². The number of hydrogen-bond acceptors (Lipinski definition) is 2. The van der Waals surface area contributed by atoms with Crippen LogP contribution in [-0.2, 0) is 11.3 Å². The highest BCUT2D eigenvalue weighted by atomic mass is 16.2. The maximum atomic E-state index is 13.2. The summed E-state index contributed by atoms with van der Waals surface area (Å²) < 4.78 is 0. The average Bonchev–Trinajstić information content (AvgIpc) is 3.13. The quantitative estimate of drug-likeness (QED) is 0.686. The van der Waals surface area contributed by atoms with E-state index >= 15 is 0 Å². The van der Waals surface area contributed by atoms with Gasteiger partial charge in [0.15, 0.2) is 0 Å². The number of nitrogens with one attached hydrogen (secondary N) is 1. The SMILES string of the molecule is Cc1ccc(N2C[C@H](NC(=O)N(Cc3ccccc3)c3ccccc3)CC2=O)cc1. The van der Waals surface area contributed by atoms with Crippen LogP contribution in [0.15, 0.2) is 84.9 Å². The zero-order valence-corrected chi connectivity index (χ0v) is 17.0. The van der Waals surface area contributed by atoms with Gasteiger partial charge in [-0.25, -0.2) is 4.79 Å². The van der Waals surface area contributed by atoms with Gasteiger partial charge < -0.3 is 10.2 Å². The minimum Gasteiger partial charge on any atom is -0.333 e. The smallest absolute Gasteiger partial charge is 0.322 e. The number of para-hydroxylation sites is 1. The fourth-order valence-corrected chi connectivity index (χ4v) is 3.69. The van der Waals surface area contributed by atoms with E-state index in [1.165, 1.54) is 0 Å². The number of carbonyl (C=O) groups is 2. The number of carbonyl (C=O) groups excluding carboxylic acids is 2. The van der Waals surface area contributed by atoms with Crippen molar-refractivity contribution in [3.63, 3.8) is 0 Å². The number of urea groups is 1. The lowest BCUT2D eigenvalue weighted by atomic mass is 10.2. The van der Waals surface area contributed by atoms with Gasteiger partial charge >= 0.3 is 6.03 Å². The van der Waals surface area contributed by atoms with E-state index in [-0.39, 0.29) is 18.0 Å². The Hall–Kier alpha value is -3.60. The van der Waals surface area contributed by atoms with Gasteiger partial charge in [0.2, 0.25) is 5.91 Å². The first-order valence-electron chi connectivity index (χ1n) is 10.1. The Morgan fingerprint density at radius 2 is 1.60 bits per heavy atom. The van der Waals surface area contributed by atoms with Crippen molar-refractivity contribution in [1.29, 1.82) is 0 Å². The van der Waals surface area contributed by atoms with Crippen LogP contribution in [0.3, 0.4) is 0 Å². The lowest BCUT2D eigenvalue weighted by molar-refractivity contribution is -0.117. The molecule has 5 heteroatoms. The van der Waals surface area contributed by atoms with Gasteiger partial charge in [-0.15, -0.1) is 0 Å². The highest BCUT2D eigenvalue weighted by molar-refractivity contribution is 5.98. The molecule has 3 amide bonds. The highest BCUT2D eigenvalue weighted by Gasteiger charge is 2.32. The monoisotopic (exact) mass is 399 g/mol. The Bertz CT molecular complexity index is 1000. The topological polar surface area (TPSA) is 52.7 Å². The second-order valence-electron chi connectivity index (χ2n) is 7.60. The van der Waals surface area contributed by atoms with Crippen molar-refractivity contribution < 1.29 is 9.59 Å². The third-order valence-electron chi connectivity index (χ3n) is 5.29. The van der Waals surface area contributed by atoms with Crippen molar-refractivity contribution in [2.24, 2.45) is 0 Å². The molecule has 30 heavy (non-hydrogen) atoms. The maximum Gasteiger partial charge on any atom is 0.322 e. The van der Waals surface area contributed by atoms with Gasteiger partial charge in [0.25, 0.3) is 0 Å². The van der Waals surface area contributed by atoms with Crippen LogP contribution in [0.2, 0.25) is 0 Å². The molecule has 1 atom stereocenters. The number of amides is 3. The third-order valence-corrected chi connectivity index (χ3v) is 5.29. The van der Waals surface area contributed by atoms with Crippen LogP contribution in [0.25, 0.3) is 0 Å². The molecule has 152 valence electrons. The van der Waals surface area contributed by atoms with Crippen molar-refractivity contribution in [2.75, 3.05) is 16.3 Å². The van der Waals surface area contributed by atoms with E-state index in [4.69, 9.17) is 0 Å². The van der Waals surface area contributed by atoms with Crippen LogP contribution in [0.4, 0.5) is 16.2 Å². The predicted molar refractivity (Wildman–Crippen MR) is 120 cm³/mol. The summed E-state index contributed by atoms with van der Waals surface area (Å²) in [6.07, 6.45) is 0.299. The van der Waals surface area contributed by atoms with Gasteiger partial charge in [-0.1, -0.05) is 66.2 Å². The van der Waals surface area contributed by atoms with Gasteiger partial charge in [-0.3, -0.25) is 9.69 Å². The van der Waals surface area contributed by atoms with Crippen LogP contribution in [-0.4, -0.2) is 24.5 Å². The second kappa shape index (κ2) is 8.82. The Balaban J connectivity index is 1.48. The van der Waals surface area contributed by atoms with Gasteiger partial charge in [0.1, 0.15) is 0 Å². The molecule has 1 aliphatic heterocycles. The summed E-state index contributed by atoms with van der Waals surface area (Å²) in [6, 6.07) is 26.9. The lowest BCUT2D eigenvalue weighted by Crippen LogP contribution is -2.45. The van der Waals surface area contributed by atoms with Gasteiger partial charge in [0, 0.05) is 24.3 Å². The third kappa shape index (κ3) is 4.51. The minimum absolute atomic E-state index is 0.0264. The van der Waals surface area contributed by atoms with E-state index in [2.05, 4.69) is 5.32 Å². The molecule has 1 heterocycles. The first-order chi connectivity index (χ1) is 14.6. The van der Waals surface area contributed by atoms with Crippen molar-refractivity contribution in [1.82, 2.24) is 5.32 Å². The standard InChI is InChI=1S/C25H25N3O2/c1-19-12-14-23(15-13-19)27-18-21(16-24(27)29)26-25(30)28(22-10-6-3-7-11-22)17-20-8-4-2-5-9-20/h2-15,21H,16-18H2,1H3,(H,26,30)/t21-/m1/s1. The normalized spacial score (nSPS) is 15.8. The summed E-state index contributed by atoms with van der Waals surface area (Å²) in [4.78, 5) is 29.2. The molecule has 0 bridgehead atoms. The van der Waals surface area contributed by atoms with Crippen molar-refractivity contribution in [3.05, 3.63) is 96.1 Å². The molecule has 5 nitrogen and oxygen atoms in total. The van der Waals surface area contributed by atoms with E-state index in [1.807, 2.05) is 91.9 Å². The maximum absolute atomic E-state index is 13.2. The molecule has 0 spiro atoms. The Morgan fingerprint density at radius 3 is 2.27 bits per heavy atom. The van der Waals surface area contributed by atoms with Gasteiger partial charge in [-0.2, -0.15) is 0 Å². The number of anilines is 2. The number of rotatable bonds is 5. The predicted octanol–water partition coefficient (Wildman–Crippen LogP) is 4.52. The zero-order valence-electron chi connectivity index (χ0n) is 17.0. The fraction of sp³-hybridized carbons (Fsp3) is 0.200. The summed E-state index contributed by atoms with van der Waals surface area (Å²) in [5, 5.41) is 3.06. The van der Waals surface area contributed by atoms with Crippen LogP contribution >= 0.6 is 0 Å². The second-order valence-corrected chi connectivity index (χ2v) is 7.60. The van der Waals surface area contributed by atoms with Crippen LogP contribution in [0.1, 0.15) is 17.5 Å². The van der Waals surface area contributed by atoms with Crippen LogP contribution in [0, 0.1) is 6.92 Å². The molecule has 3 aromatic rings. The van der Waals surface area contributed by atoms with E-state index in [9.17, 15) is 9.59 Å². The molecule has 0 saturated carbocycles. The molecule has 4 rings (SSSR count). The van der Waals surface area contributed by atoms with E-state index < -0.39 is 0 Å². The average molecular weight is 399 g/mol. The lowest BCUT2D eigenvalue weighted by Gasteiger charge is -2.25. The Morgan fingerprint density at radius 1 is 0.967 bits per heavy atom. The molecule has 0 aliphatic carbocycles. The summed E-state index contributed by atoms with van der Waals surface area (Å²) in [5.41, 5.74) is 3.88. The first-order valence-corrected chi connectivity index (χ1v) is 10.1. The molecule has 0 radical (unpaired) electrons. The number of benzene rings is 3. The minimum atomic E-state index is -0.228. The number of nitrogens with zero attached hydrogens (tertiary/aromatic N) is 2. The molecule has 1 saturated heterocycles. The van der Waals surface area contributed by atoms with Crippen molar-refractivity contribution in [2.45, 2.75) is 25.9 Å².